The zero-order chi connectivity index (χ0) is 14.9. The minimum Gasteiger partial charge on any atom is -0.358 e. The molecule has 2 saturated heterocycles. The third-order valence-electron chi connectivity index (χ3n) is 4.77. The van der Waals surface area contributed by atoms with Gasteiger partial charge in [0.1, 0.15) is 0 Å². The maximum absolute atomic E-state index is 10.7. The predicted octanol–water partition coefficient (Wildman–Crippen LogP) is 1.43. The fourth-order valence-electron chi connectivity index (χ4n) is 3.51. The first kappa shape index (κ1) is 14.5. The van der Waals surface area contributed by atoms with Gasteiger partial charge in [-0.25, -0.2) is 0 Å². The SMILES string of the molecule is CC1(CN2CCC(n3ccc([N+](=O)[O-])n3)CC2)CCNC1. The number of aromatic nitrogens is 2. The number of nitrogens with zero attached hydrogens (tertiary/aromatic N) is 4. The van der Waals surface area contributed by atoms with Crippen molar-refractivity contribution in [2.45, 2.75) is 32.2 Å². The first-order valence-corrected chi connectivity index (χ1v) is 7.68. The largest absolute Gasteiger partial charge is 0.389 e. The summed E-state index contributed by atoms with van der Waals surface area (Å²) in [6.07, 6.45) is 5.02. The summed E-state index contributed by atoms with van der Waals surface area (Å²) < 4.78 is 1.77. The summed E-state index contributed by atoms with van der Waals surface area (Å²) in [7, 11) is 0. The molecule has 1 unspecified atom stereocenters. The molecule has 1 atom stereocenters. The van der Waals surface area contributed by atoms with Crippen molar-refractivity contribution in [3.05, 3.63) is 22.4 Å². The van der Waals surface area contributed by atoms with Crippen LogP contribution in [0.25, 0.3) is 0 Å². The lowest BCUT2D eigenvalue weighted by Gasteiger charge is -2.36. The highest BCUT2D eigenvalue weighted by Gasteiger charge is 2.33. The summed E-state index contributed by atoms with van der Waals surface area (Å²) in [6, 6.07) is 1.78. The van der Waals surface area contributed by atoms with Gasteiger partial charge in [-0.05, 0) is 36.1 Å². The van der Waals surface area contributed by atoms with Gasteiger partial charge in [-0.1, -0.05) is 6.92 Å². The van der Waals surface area contributed by atoms with Crippen LogP contribution >= 0.6 is 0 Å². The number of rotatable bonds is 4. The van der Waals surface area contributed by atoms with Gasteiger partial charge < -0.3 is 20.3 Å². The molecule has 1 aromatic heterocycles. The number of nitrogens with one attached hydrogen (secondary N) is 1. The Morgan fingerprint density at radius 2 is 2.29 bits per heavy atom. The molecule has 0 aliphatic carbocycles. The zero-order valence-corrected chi connectivity index (χ0v) is 12.5. The molecular weight excluding hydrogens is 270 g/mol. The van der Waals surface area contributed by atoms with Gasteiger partial charge in [0.2, 0.25) is 0 Å². The van der Waals surface area contributed by atoms with E-state index in [0.29, 0.717) is 11.5 Å². The Hall–Kier alpha value is -1.47. The van der Waals surface area contributed by atoms with Crippen molar-refractivity contribution in [1.29, 1.82) is 0 Å². The Morgan fingerprint density at radius 1 is 1.52 bits per heavy atom. The Labute approximate surface area is 124 Å². The summed E-state index contributed by atoms with van der Waals surface area (Å²) in [5.41, 5.74) is 0.400. The molecule has 3 rings (SSSR count). The lowest BCUT2D eigenvalue weighted by Crippen LogP contribution is -2.42. The maximum Gasteiger partial charge on any atom is 0.389 e. The number of nitro groups is 1. The molecule has 0 radical (unpaired) electrons. The Morgan fingerprint density at radius 3 is 2.86 bits per heavy atom. The smallest absolute Gasteiger partial charge is 0.358 e. The molecular formula is C14H23N5O2. The van der Waals surface area contributed by atoms with Crippen LogP contribution in [0.3, 0.4) is 0 Å². The van der Waals surface area contributed by atoms with Crippen LogP contribution in [0.15, 0.2) is 12.3 Å². The average Bonchev–Trinajstić information content (AvgIpc) is 3.09. The molecule has 1 aromatic rings. The van der Waals surface area contributed by atoms with E-state index in [4.69, 9.17) is 0 Å². The van der Waals surface area contributed by atoms with Gasteiger partial charge in [0.25, 0.3) is 0 Å². The lowest BCUT2D eigenvalue weighted by atomic mass is 9.88. The molecule has 0 bridgehead atoms. The molecule has 2 fully saturated rings. The van der Waals surface area contributed by atoms with Gasteiger partial charge in [0.15, 0.2) is 0 Å². The summed E-state index contributed by atoms with van der Waals surface area (Å²) in [5, 5.41) is 18.2. The van der Waals surface area contributed by atoms with Gasteiger partial charge in [-0.3, -0.25) is 0 Å². The molecule has 0 aromatic carbocycles. The molecule has 0 amide bonds. The number of likely N-dealkylation sites (tertiary alicyclic amines) is 1. The average molecular weight is 293 g/mol. The monoisotopic (exact) mass is 293 g/mol. The highest BCUT2D eigenvalue weighted by molar-refractivity contribution is 5.14. The number of piperidine rings is 1. The van der Waals surface area contributed by atoms with E-state index in [9.17, 15) is 10.1 Å². The van der Waals surface area contributed by atoms with Crippen molar-refractivity contribution >= 4 is 5.82 Å². The molecule has 2 aliphatic rings. The molecule has 7 nitrogen and oxygen atoms in total. The van der Waals surface area contributed by atoms with Crippen molar-refractivity contribution in [1.82, 2.24) is 20.0 Å². The van der Waals surface area contributed by atoms with E-state index in [1.807, 2.05) is 0 Å². The topological polar surface area (TPSA) is 76.2 Å². The predicted molar refractivity (Wildman–Crippen MR) is 79.2 cm³/mol. The third-order valence-corrected chi connectivity index (χ3v) is 4.77. The number of hydrogen-bond donors (Lipinski definition) is 1. The second-order valence-electron chi connectivity index (χ2n) is 6.66. The van der Waals surface area contributed by atoms with Crippen LogP contribution < -0.4 is 5.32 Å². The van der Waals surface area contributed by atoms with Gasteiger partial charge in [-0.2, -0.15) is 4.68 Å². The minimum atomic E-state index is -0.431. The van der Waals surface area contributed by atoms with Crippen LogP contribution in [-0.4, -0.2) is 52.3 Å². The fraction of sp³-hybridized carbons (Fsp3) is 0.786. The van der Waals surface area contributed by atoms with Gasteiger partial charge >= 0.3 is 5.82 Å². The molecule has 0 spiro atoms. The molecule has 0 saturated carbocycles. The molecule has 2 aliphatic heterocycles. The summed E-state index contributed by atoms with van der Waals surface area (Å²) in [5.74, 6) is -0.0537. The van der Waals surface area contributed by atoms with Crippen molar-refractivity contribution in [3.63, 3.8) is 0 Å². The Kier molecular flexibility index (Phi) is 3.95. The van der Waals surface area contributed by atoms with E-state index >= 15 is 0 Å². The van der Waals surface area contributed by atoms with Gasteiger partial charge in [0, 0.05) is 26.2 Å². The van der Waals surface area contributed by atoms with Crippen LogP contribution in [-0.2, 0) is 0 Å². The molecule has 116 valence electrons. The van der Waals surface area contributed by atoms with Crippen LogP contribution in [0.5, 0.6) is 0 Å². The summed E-state index contributed by atoms with van der Waals surface area (Å²) in [6.45, 7) is 7.84. The van der Waals surface area contributed by atoms with Crippen molar-refractivity contribution in [2.75, 3.05) is 32.7 Å². The van der Waals surface area contributed by atoms with Crippen LogP contribution in [0.4, 0.5) is 5.82 Å². The minimum absolute atomic E-state index is 0.0537. The first-order valence-electron chi connectivity index (χ1n) is 7.68. The van der Waals surface area contributed by atoms with E-state index in [1.165, 1.54) is 12.5 Å². The number of hydrogen-bond acceptors (Lipinski definition) is 5. The normalized spacial score (nSPS) is 28.0. The van der Waals surface area contributed by atoms with E-state index in [0.717, 1.165) is 45.6 Å². The summed E-state index contributed by atoms with van der Waals surface area (Å²) >= 11 is 0. The second-order valence-corrected chi connectivity index (χ2v) is 6.66. The lowest BCUT2D eigenvalue weighted by molar-refractivity contribution is -0.389. The third kappa shape index (κ3) is 3.24. The molecule has 7 heteroatoms. The quantitative estimate of drug-likeness (QED) is 0.671. The van der Waals surface area contributed by atoms with Gasteiger partial charge in [-0.15, -0.1) is 0 Å². The molecule has 1 N–H and O–H groups in total. The highest BCUT2D eigenvalue weighted by atomic mass is 16.6. The van der Waals surface area contributed by atoms with E-state index in [2.05, 4.69) is 22.2 Å². The van der Waals surface area contributed by atoms with Crippen molar-refractivity contribution in [3.8, 4) is 0 Å². The summed E-state index contributed by atoms with van der Waals surface area (Å²) in [4.78, 5) is 12.8. The van der Waals surface area contributed by atoms with E-state index in [-0.39, 0.29) is 5.82 Å². The van der Waals surface area contributed by atoms with Crippen molar-refractivity contribution < 1.29 is 4.92 Å². The Bertz CT molecular complexity index is 501. The fourth-order valence-corrected chi connectivity index (χ4v) is 3.51. The Balaban J connectivity index is 1.53. The first-order chi connectivity index (χ1) is 10.1. The van der Waals surface area contributed by atoms with Crippen LogP contribution in [0.1, 0.15) is 32.2 Å². The second kappa shape index (κ2) is 5.73. The molecule has 21 heavy (non-hydrogen) atoms. The molecule has 3 heterocycles. The zero-order valence-electron chi connectivity index (χ0n) is 12.5. The highest BCUT2D eigenvalue weighted by Crippen LogP contribution is 2.29. The van der Waals surface area contributed by atoms with Crippen molar-refractivity contribution in [2.24, 2.45) is 5.41 Å². The van der Waals surface area contributed by atoms with Crippen LogP contribution in [0, 0.1) is 15.5 Å². The van der Waals surface area contributed by atoms with E-state index < -0.39 is 4.92 Å². The van der Waals surface area contributed by atoms with E-state index in [1.54, 1.807) is 10.9 Å². The maximum atomic E-state index is 10.7. The van der Waals surface area contributed by atoms with Gasteiger partial charge in [0.05, 0.1) is 23.4 Å². The van der Waals surface area contributed by atoms with Crippen LogP contribution in [0.2, 0.25) is 0 Å². The standard InChI is InChI=1S/C14H23N5O2/c1-14(5-6-15-10-14)11-17-7-2-12(3-8-17)18-9-4-13(16-18)19(20)21/h4,9,12,15H,2-3,5-8,10-11H2,1H3.